The van der Waals surface area contributed by atoms with Crippen molar-refractivity contribution < 1.29 is 4.39 Å². The Kier molecular flexibility index (Phi) is 5.54. The molecule has 5 rings (SSSR count). The van der Waals surface area contributed by atoms with Gasteiger partial charge in [0.15, 0.2) is 16.6 Å². The molecule has 0 amide bonds. The summed E-state index contributed by atoms with van der Waals surface area (Å²) in [7, 11) is 0. The van der Waals surface area contributed by atoms with Crippen LogP contribution in [-0.4, -0.2) is 19.6 Å². The van der Waals surface area contributed by atoms with Crippen molar-refractivity contribution in [2.75, 3.05) is 0 Å². The van der Waals surface area contributed by atoms with Crippen molar-refractivity contribution in [1.29, 1.82) is 0 Å². The molecule has 3 heterocycles. The van der Waals surface area contributed by atoms with Gasteiger partial charge in [0.2, 0.25) is 3.79 Å². The van der Waals surface area contributed by atoms with Crippen molar-refractivity contribution in [2.24, 2.45) is 0 Å². The number of fused-ring (bicyclic) bond motifs is 2. The van der Waals surface area contributed by atoms with E-state index in [0.717, 1.165) is 21.4 Å². The molecule has 0 saturated heterocycles. The number of hydrogen-bond acceptors (Lipinski definition) is 3. The highest BCUT2D eigenvalue weighted by Crippen LogP contribution is 2.45. The minimum atomic E-state index is -1.90. The van der Waals surface area contributed by atoms with Crippen LogP contribution < -0.4 is 5.56 Å². The van der Waals surface area contributed by atoms with E-state index < -0.39 is 20.3 Å². The molecular formula is C22H10Cl5FN4O. The molecule has 0 radical (unpaired) electrons. The van der Waals surface area contributed by atoms with E-state index >= 15 is 0 Å². The predicted octanol–water partition coefficient (Wildman–Crippen LogP) is 7.18. The Balaban J connectivity index is 1.90. The quantitative estimate of drug-likeness (QED) is 0.190. The van der Waals surface area contributed by atoms with Crippen molar-refractivity contribution >= 4 is 74.4 Å². The molecular weight excluding hydrogens is 533 g/mol. The van der Waals surface area contributed by atoms with Gasteiger partial charge in [0.1, 0.15) is 5.15 Å². The van der Waals surface area contributed by atoms with Crippen molar-refractivity contribution in [3.05, 3.63) is 86.8 Å². The molecule has 5 aromatic rings. The Morgan fingerprint density at radius 1 is 0.909 bits per heavy atom. The predicted molar refractivity (Wildman–Crippen MR) is 131 cm³/mol. The SMILES string of the molecule is O=c1cc(-c2cc(F)c(Cl)nc2Cl)nc2c(-c3cccc4ccccc34)c(C(Cl)(Cl)Cl)[nH]n12. The zero-order valence-electron chi connectivity index (χ0n) is 16.2. The number of nitrogens with zero attached hydrogens (tertiary/aromatic N) is 3. The minimum Gasteiger partial charge on any atom is -0.289 e. The molecule has 0 unspecified atom stereocenters. The van der Waals surface area contributed by atoms with Crippen molar-refractivity contribution in [3.63, 3.8) is 0 Å². The van der Waals surface area contributed by atoms with Crippen LogP contribution >= 0.6 is 58.0 Å². The van der Waals surface area contributed by atoms with E-state index in [-0.39, 0.29) is 27.8 Å². The number of rotatable bonds is 2. The first kappa shape index (κ1) is 22.4. The Morgan fingerprint density at radius 2 is 1.64 bits per heavy atom. The van der Waals surface area contributed by atoms with Crippen LogP contribution in [0.5, 0.6) is 0 Å². The maximum atomic E-state index is 14.1. The van der Waals surface area contributed by atoms with Crippen LogP contribution in [0.25, 0.3) is 38.8 Å². The van der Waals surface area contributed by atoms with Crippen molar-refractivity contribution in [3.8, 4) is 22.4 Å². The average Bonchev–Trinajstić information content (AvgIpc) is 3.16. The lowest BCUT2D eigenvalue weighted by Crippen LogP contribution is -2.15. The third-order valence-corrected chi connectivity index (χ3v) is 6.24. The number of halogens is 6. The zero-order valence-corrected chi connectivity index (χ0v) is 20.0. The number of nitrogens with one attached hydrogen (secondary N) is 1. The highest BCUT2D eigenvalue weighted by molar-refractivity contribution is 6.67. The van der Waals surface area contributed by atoms with E-state index in [1.807, 2.05) is 42.5 Å². The standard InChI is InChI=1S/C22H10Cl5FN4O/c23-19-13(8-14(28)20(24)30-19)15-9-16(33)32-21(29-15)17(18(31-32)22(25,26)27)12-7-3-5-10-4-1-2-6-11(10)12/h1-9,31H. The summed E-state index contributed by atoms with van der Waals surface area (Å²) < 4.78 is 13.4. The maximum Gasteiger partial charge on any atom is 0.273 e. The van der Waals surface area contributed by atoms with E-state index in [4.69, 9.17) is 58.0 Å². The average molecular weight is 543 g/mol. The smallest absolute Gasteiger partial charge is 0.273 e. The lowest BCUT2D eigenvalue weighted by Gasteiger charge is -2.13. The fraction of sp³-hybridized carbons (Fsp3) is 0.0455. The van der Waals surface area contributed by atoms with E-state index in [1.165, 1.54) is 6.07 Å². The molecule has 2 aromatic carbocycles. The Bertz CT molecular complexity index is 1620. The van der Waals surface area contributed by atoms with Crippen LogP contribution in [0.3, 0.4) is 0 Å². The molecule has 166 valence electrons. The number of hydrogen-bond donors (Lipinski definition) is 1. The fourth-order valence-electron chi connectivity index (χ4n) is 3.70. The van der Waals surface area contributed by atoms with E-state index in [1.54, 1.807) is 0 Å². The summed E-state index contributed by atoms with van der Waals surface area (Å²) in [6, 6.07) is 15.5. The highest BCUT2D eigenvalue weighted by atomic mass is 35.6. The van der Waals surface area contributed by atoms with Crippen LogP contribution in [0.2, 0.25) is 10.3 Å². The number of aromatic amines is 1. The molecule has 0 aliphatic carbocycles. The van der Waals surface area contributed by atoms with Gasteiger partial charge < -0.3 is 0 Å². The fourth-order valence-corrected chi connectivity index (χ4v) is 4.53. The Morgan fingerprint density at radius 3 is 2.39 bits per heavy atom. The molecule has 3 aromatic heterocycles. The molecule has 0 atom stereocenters. The van der Waals surface area contributed by atoms with Gasteiger partial charge in [0, 0.05) is 11.6 Å². The van der Waals surface area contributed by atoms with Gasteiger partial charge in [-0.1, -0.05) is 100 Å². The molecule has 0 fully saturated rings. The Labute approximate surface area is 210 Å². The van der Waals surface area contributed by atoms with Gasteiger partial charge in [-0.05, 0) is 22.4 Å². The minimum absolute atomic E-state index is 0.0874. The van der Waals surface area contributed by atoms with Gasteiger partial charge in [-0.3, -0.25) is 9.89 Å². The van der Waals surface area contributed by atoms with Gasteiger partial charge in [0.25, 0.3) is 5.56 Å². The summed E-state index contributed by atoms with van der Waals surface area (Å²) in [5.41, 5.74) is 1.07. The van der Waals surface area contributed by atoms with Gasteiger partial charge in [-0.15, -0.1) is 0 Å². The molecule has 0 saturated carbocycles. The molecule has 33 heavy (non-hydrogen) atoms. The normalized spacial score (nSPS) is 12.1. The first-order chi connectivity index (χ1) is 15.6. The number of H-pyrrole nitrogens is 1. The third kappa shape index (κ3) is 3.86. The second kappa shape index (κ2) is 8.15. The molecule has 11 heteroatoms. The van der Waals surface area contributed by atoms with E-state index in [9.17, 15) is 9.18 Å². The second-order valence-electron chi connectivity index (χ2n) is 7.12. The topological polar surface area (TPSA) is 63.0 Å². The molecule has 0 spiro atoms. The molecule has 1 N–H and O–H groups in total. The maximum absolute atomic E-state index is 14.1. The summed E-state index contributed by atoms with van der Waals surface area (Å²) in [5, 5.41) is 4.15. The number of pyridine rings is 1. The molecule has 0 aliphatic heterocycles. The largest absolute Gasteiger partial charge is 0.289 e. The Hall–Kier alpha value is -2.35. The van der Waals surface area contributed by atoms with E-state index in [2.05, 4.69) is 15.1 Å². The van der Waals surface area contributed by atoms with Crippen LogP contribution in [0, 0.1) is 5.82 Å². The van der Waals surface area contributed by atoms with Gasteiger partial charge >= 0.3 is 0 Å². The van der Waals surface area contributed by atoms with Crippen LogP contribution in [0.4, 0.5) is 4.39 Å². The lowest BCUT2D eigenvalue weighted by atomic mass is 9.98. The number of alkyl halides is 3. The zero-order chi connectivity index (χ0) is 23.5. The summed E-state index contributed by atoms with van der Waals surface area (Å²) in [5.74, 6) is -0.802. The molecule has 0 aliphatic rings. The summed E-state index contributed by atoms with van der Waals surface area (Å²) in [6.45, 7) is 0. The summed E-state index contributed by atoms with van der Waals surface area (Å²) >= 11 is 30.7. The third-order valence-electron chi connectivity index (χ3n) is 5.12. The first-order valence-corrected chi connectivity index (χ1v) is 11.3. The summed E-state index contributed by atoms with van der Waals surface area (Å²) in [4.78, 5) is 21.3. The molecule has 5 nitrogen and oxygen atoms in total. The van der Waals surface area contributed by atoms with Crippen molar-refractivity contribution in [2.45, 2.75) is 3.79 Å². The van der Waals surface area contributed by atoms with Gasteiger partial charge in [0.05, 0.1) is 17.0 Å². The van der Waals surface area contributed by atoms with Crippen LogP contribution in [-0.2, 0) is 3.79 Å². The van der Waals surface area contributed by atoms with Gasteiger partial charge in [-0.25, -0.2) is 18.9 Å². The van der Waals surface area contributed by atoms with Gasteiger partial charge in [-0.2, -0.15) is 0 Å². The molecule has 0 bridgehead atoms. The second-order valence-corrected chi connectivity index (χ2v) is 10.1. The summed E-state index contributed by atoms with van der Waals surface area (Å²) in [6.07, 6.45) is 0. The number of benzene rings is 2. The number of aromatic nitrogens is 4. The van der Waals surface area contributed by atoms with E-state index in [0.29, 0.717) is 11.1 Å². The van der Waals surface area contributed by atoms with Crippen LogP contribution in [0.15, 0.2) is 59.4 Å². The van der Waals surface area contributed by atoms with Crippen LogP contribution in [0.1, 0.15) is 5.69 Å². The van der Waals surface area contributed by atoms with Crippen molar-refractivity contribution in [1.82, 2.24) is 19.6 Å². The monoisotopic (exact) mass is 540 g/mol. The lowest BCUT2D eigenvalue weighted by molar-refractivity contribution is 0.622. The first-order valence-electron chi connectivity index (χ1n) is 9.38. The highest BCUT2D eigenvalue weighted by Gasteiger charge is 2.32.